The van der Waals surface area contributed by atoms with E-state index in [2.05, 4.69) is 10.3 Å². The van der Waals surface area contributed by atoms with Crippen LogP contribution in [0.2, 0.25) is 10.0 Å². The lowest BCUT2D eigenvalue weighted by atomic mass is 10.2. The molecule has 30 heavy (non-hydrogen) atoms. The Bertz CT molecular complexity index is 1390. The third kappa shape index (κ3) is 3.65. The monoisotopic (exact) mass is 442 g/mol. The van der Waals surface area contributed by atoms with E-state index in [0.717, 1.165) is 10.1 Å². The van der Waals surface area contributed by atoms with Gasteiger partial charge in [-0.15, -0.1) is 0 Å². The molecule has 7 nitrogen and oxygen atoms in total. The maximum absolute atomic E-state index is 13.0. The number of benzene rings is 2. The fourth-order valence-electron chi connectivity index (χ4n) is 3.27. The Morgan fingerprint density at radius 2 is 1.83 bits per heavy atom. The van der Waals surface area contributed by atoms with Crippen LogP contribution in [0.25, 0.3) is 11.0 Å². The zero-order valence-electron chi connectivity index (χ0n) is 15.8. The normalized spacial score (nSPS) is 11.0. The number of H-pyrrole nitrogens is 1. The van der Waals surface area contributed by atoms with Gasteiger partial charge < -0.3 is 14.9 Å². The Labute approximate surface area is 180 Å². The molecule has 0 saturated heterocycles. The molecule has 0 aliphatic rings. The number of nitrogens with zero attached hydrogens (tertiary/aromatic N) is 2. The molecule has 0 aliphatic carbocycles. The predicted molar refractivity (Wildman–Crippen MR) is 118 cm³/mol. The van der Waals surface area contributed by atoms with E-state index in [1.165, 1.54) is 16.8 Å². The minimum absolute atomic E-state index is 0.121. The van der Waals surface area contributed by atoms with Crippen LogP contribution in [0.1, 0.15) is 15.9 Å². The minimum atomic E-state index is -0.600. The zero-order valence-corrected chi connectivity index (χ0v) is 17.3. The Hall–Kier alpha value is -3.29. The van der Waals surface area contributed by atoms with Crippen LogP contribution in [-0.2, 0) is 13.6 Å². The maximum atomic E-state index is 13.0. The summed E-state index contributed by atoms with van der Waals surface area (Å²) >= 11 is 12.1. The summed E-state index contributed by atoms with van der Waals surface area (Å²) in [7, 11) is 1.64. The van der Waals surface area contributed by atoms with Crippen molar-refractivity contribution in [1.82, 2.24) is 14.1 Å². The molecule has 9 heteroatoms. The molecule has 4 aromatic rings. The molecule has 0 bridgehead atoms. The molecule has 152 valence electrons. The molecule has 0 atom stereocenters. The fraction of sp³-hybridized carbons (Fsp3) is 0.0952. The van der Waals surface area contributed by atoms with Gasteiger partial charge in [0.2, 0.25) is 0 Å². The molecule has 0 unspecified atom stereocenters. The second-order valence-electron chi connectivity index (χ2n) is 6.76. The van der Waals surface area contributed by atoms with Crippen molar-refractivity contribution in [2.75, 3.05) is 5.32 Å². The van der Waals surface area contributed by atoms with E-state index in [9.17, 15) is 14.4 Å². The highest BCUT2D eigenvalue weighted by Crippen LogP contribution is 2.26. The number of amides is 1. The van der Waals surface area contributed by atoms with E-state index in [4.69, 9.17) is 23.2 Å². The first-order valence-corrected chi connectivity index (χ1v) is 9.73. The second-order valence-corrected chi connectivity index (χ2v) is 7.61. The Morgan fingerprint density at radius 3 is 2.57 bits per heavy atom. The lowest BCUT2D eigenvalue weighted by Crippen LogP contribution is -2.36. The number of nitrogens with one attached hydrogen (secondary N) is 2. The molecule has 2 aromatic carbocycles. The number of rotatable bonds is 4. The summed E-state index contributed by atoms with van der Waals surface area (Å²) in [6, 6.07) is 13.9. The summed E-state index contributed by atoms with van der Waals surface area (Å²) in [5.41, 5.74) is 0.570. The van der Waals surface area contributed by atoms with Crippen LogP contribution in [0.15, 0.2) is 64.3 Å². The first kappa shape index (κ1) is 20.0. The highest BCUT2D eigenvalue weighted by molar-refractivity contribution is 6.36. The average molecular weight is 443 g/mol. The summed E-state index contributed by atoms with van der Waals surface area (Å²) in [6.07, 6.45) is 1.49. The van der Waals surface area contributed by atoms with Crippen LogP contribution in [0, 0.1) is 0 Å². The molecule has 2 N–H and O–H groups in total. The summed E-state index contributed by atoms with van der Waals surface area (Å²) < 4.78 is 2.62. The molecule has 1 amide bonds. The molecule has 0 saturated carbocycles. The molecule has 2 aromatic heterocycles. The minimum Gasteiger partial charge on any atom is -0.344 e. The van der Waals surface area contributed by atoms with Crippen molar-refractivity contribution >= 4 is 45.8 Å². The summed E-state index contributed by atoms with van der Waals surface area (Å²) in [6.45, 7) is 0.121. The van der Waals surface area contributed by atoms with E-state index in [1.54, 1.807) is 19.2 Å². The Morgan fingerprint density at radius 1 is 1.10 bits per heavy atom. The van der Waals surface area contributed by atoms with Crippen molar-refractivity contribution < 1.29 is 4.79 Å². The number of aromatic amines is 1. The van der Waals surface area contributed by atoms with Gasteiger partial charge in [0.05, 0.1) is 28.3 Å². The van der Waals surface area contributed by atoms with Crippen molar-refractivity contribution in [3.63, 3.8) is 0 Å². The second kappa shape index (κ2) is 7.85. The first-order valence-electron chi connectivity index (χ1n) is 8.97. The molecular formula is C21H16Cl2N4O3. The quantitative estimate of drug-likeness (QED) is 0.505. The number of aromatic nitrogens is 3. The Kier molecular flexibility index (Phi) is 5.24. The number of anilines is 1. The highest BCUT2D eigenvalue weighted by atomic mass is 35.5. The van der Waals surface area contributed by atoms with Crippen LogP contribution in [-0.4, -0.2) is 20.0 Å². The van der Waals surface area contributed by atoms with Gasteiger partial charge in [0.1, 0.15) is 5.52 Å². The molecule has 0 radical (unpaired) electrons. The van der Waals surface area contributed by atoms with Crippen molar-refractivity contribution in [2.24, 2.45) is 7.05 Å². The van der Waals surface area contributed by atoms with Gasteiger partial charge in [0.25, 0.3) is 11.5 Å². The van der Waals surface area contributed by atoms with Gasteiger partial charge in [-0.2, -0.15) is 0 Å². The SMILES string of the molecule is Cn1cc(C(=O)Nc2cc(Cl)ccc2Cl)c2[nH]c(=O)n(Cc3ccccc3)c(=O)c21. The third-order valence-corrected chi connectivity index (χ3v) is 5.28. The number of hydrogen-bond donors (Lipinski definition) is 2. The lowest BCUT2D eigenvalue weighted by molar-refractivity contribution is 0.102. The highest BCUT2D eigenvalue weighted by Gasteiger charge is 2.20. The van der Waals surface area contributed by atoms with E-state index in [-0.39, 0.29) is 23.1 Å². The molecule has 0 spiro atoms. The third-order valence-electron chi connectivity index (χ3n) is 4.71. The number of halogens is 2. The van der Waals surface area contributed by atoms with Gasteiger partial charge in [-0.25, -0.2) is 4.79 Å². The van der Waals surface area contributed by atoms with Crippen molar-refractivity contribution in [3.8, 4) is 0 Å². The van der Waals surface area contributed by atoms with Gasteiger partial charge in [-0.1, -0.05) is 53.5 Å². The number of carbonyl (C=O) groups is 1. The van der Waals surface area contributed by atoms with Gasteiger partial charge in [-0.05, 0) is 23.8 Å². The Balaban J connectivity index is 1.78. The molecular weight excluding hydrogens is 427 g/mol. The zero-order chi connectivity index (χ0) is 21.4. The summed E-state index contributed by atoms with van der Waals surface area (Å²) in [4.78, 5) is 41.2. The van der Waals surface area contributed by atoms with E-state index < -0.39 is 17.2 Å². The largest absolute Gasteiger partial charge is 0.344 e. The molecule has 0 fully saturated rings. The standard InChI is InChI=1S/C21H16Cl2N4O3/c1-26-11-14(19(28)24-16-9-13(22)7-8-15(16)23)17-18(26)20(29)27(21(30)25-17)10-12-5-3-2-4-6-12/h2-9,11H,10H2,1H3,(H,24,28)(H,25,30). The van der Waals surface area contributed by atoms with Crippen molar-refractivity contribution in [3.05, 3.63) is 96.7 Å². The van der Waals surface area contributed by atoms with Gasteiger partial charge in [-0.3, -0.25) is 14.2 Å². The van der Waals surface area contributed by atoms with Gasteiger partial charge in [0, 0.05) is 18.3 Å². The van der Waals surface area contributed by atoms with E-state index >= 15 is 0 Å². The van der Waals surface area contributed by atoms with Crippen LogP contribution in [0.4, 0.5) is 5.69 Å². The number of fused-ring (bicyclic) bond motifs is 1. The summed E-state index contributed by atoms with van der Waals surface area (Å²) in [5, 5.41) is 3.39. The van der Waals surface area contributed by atoms with Crippen LogP contribution in [0.3, 0.4) is 0 Å². The average Bonchev–Trinajstić information content (AvgIpc) is 3.05. The van der Waals surface area contributed by atoms with Crippen LogP contribution in [0.5, 0.6) is 0 Å². The van der Waals surface area contributed by atoms with Gasteiger partial charge >= 0.3 is 5.69 Å². The van der Waals surface area contributed by atoms with E-state index in [1.807, 2.05) is 30.3 Å². The molecule has 4 rings (SSSR count). The van der Waals surface area contributed by atoms with Crippen molar-refractivity contribution in [2.45, 2.75) is 6.54 Å². The number of hydrogen-bond acceptors (Lipinski definition) is 3. The van der Waals surface area contributed by atoms with E-state index in [0.29, 0.717) is 15.7 Å². The maximum Gasteiger partial charge on any atom is 0.329 e. The van der Waals surface area contributed by atoms with Crippen LogP contribution >= 0.6 is 23.2 Å². The summed E-state index contributed by atoms with van der Waals surface area (Å²) in [5.74, 6) is -0.527. The molecule has 2 heterocycles. The topological polar surface area (TPSA) is 88.9 Å². The number of aryl methyl sites for hydroxylation is 1. The number of carbonyl (C=O) groups excluding carboxylic acids is 1. The van der Waals surface area contributed by atoms with Gasteiger partial charge in [0.15, 0.2) is 0 Å². The molecule has 0 aliphatic heterocycles. The fourth-order valence-corrected chi connectivity index (χ4v) is 3.61. The predicted octanol–water partition coefficient (Wildman–Crippen LogP) is 3.64. The first-order chi connectivity index (χ1) is 14.3. The van der Waals surface area contributed by atoms with Crippen molar-refractivity contribution in [1.29, 1.82) is 0 Å². The van der Waals surface area contributed by atoms with Crippen LogP contribution < -0.4 is 16.6 Å². The lowest BCUT2D eigenvalue weighted by Gasteiger charge is -2.08. The smallest absolute Gasteiger partial charge is 0.329 e.